The number of nitrogens with one attached hydrogen (secondary N) is 1. The molecule has 0 aliphatic heterocycles. The summed E-state index contributed by atoms with van der Waals surface area (Å²) in [7, 11) is 0.321. The van der Waals surface area contributed by atoms with Crippen molar-refractivity contribution in [2.45, 2.75) is 31.6 Å². The van der Waals surface area contributed by atoms with Gasteiger partial charge in [-0.05, 0) is 30.5 Å². The zero-order valence-electron chi connectivity index (χ0n) is 12.8. The first-order valence-corrected chi connectivity index (χ1v) is 8.18. The predicted octanol–water partition coefficient (Wildman–Crippen LogP) is 2.55. The van der Waals surface area contributed by atoms with Gasteiger partial charge in [-0.25, -0.2) is 13.1 Å². The van der Waals surface area contributed by atoms with Gasteiger partial charge >= 0.3 is 0 Å². The number of sulfonamides is 1. The second kappa shape index (κ2) is 6.90. The smallest absolute Gasteiger partial charge is 0.240 e. The Morgan fingerprint density at radius 3 is 2.20 bits per heavy atom. The average molecular weight is 296 g/mol. The van der Waals surface area contributed by atoms with Gasteiger partial charge in [0.2, 0.25) is 10.0 Å². The molecule has 0 radical (unpaired) electrons. The fourth-order valence-electron chi connectivity index (χ4n) is 1.80. The molecule has 0 bridgehead atoms. The fraction of sp³-hybridized carbons (Fsp3) is 0.467. The van der Waals surface area contributed by atoms with Crippen LogP contribution in [0.4, 0.5) is 0 Å². The second-order valence-corrected chi connectivity index (χ2v) is 6.99. The van der Waals surface area contributed by atoms with Crippen LogP contribution in [0.1, 0.15) is 32.3 Å². The van der Waals surface area contributed by atoms with Crippen LogP contribution in [0.2, 0.25) is 0 Å². The Hall–Kier alpha value is -1.33. The van der Waals surface area contributed by atoms with E-state index < -0.39 is 10.0 Å². The van der Waals surface area contributed by atoms with Crippen molar-refractivity contribution in [2.75, 3.05) is 20.6 Å². The molecule has 1 rings (SSSR count). The minimum absolute atomic E-state index is 0.289. The lowest BCUT2D eigenvalue weighted by molar-refractivity contribution is 0.492. The molecular formula is C15H24N2O2S. The van der Waals surface area contributed by atoms with E-state index >= 15 is 0 Å². The van der Waals surface area contributed by atoms with Crippen LogP contribution in [0.3, 0.4) is 0 Å². The normalized spacial score (nSPS) is 12.8. The molecule has 0 unspecified atom stereocenters. The van der Waals surface area contributed by atoms with Gasteiger partial charge in [0, 0.05) is 19.8 Å². The maximum absolute atomic E-state index is 12.2. The zero-order chi connectivity index (χ0) is 15.3. The Morgan fingerprint density at radius 2 is 1.80 bits per heavy atom. The van der Waals surface area contributed by atoms with Crippen molar-refractivity contribution in [3.8, 4) is 0 Å². The van der Waals surface area contributed by atoms with Gasteiger partial charge in [0.05, 0.1) is 11.4 Å². The lowest BCUT2D eigenvalue weighted by Crippen LogP contribution is -2.30. The lowest BCUT2D eigenvalue weighted by atomic mass is 10.0. The summed E-state index contributed by atoms with van der Waals surface area (Å²) in [4.78, 5) is 2.20. The molecule has 0 saturated carbocycles. The molecule has 0 atom stereocenters. The highest BCUT2D eigenvalue weighted by Crippen LogP contribution is 2.17. The van der Waals surface area contributed by atoms with Gasteiger partial charge in [0.1, 0.15) is 0 Å². The van der Waals surface area contributed by atoms with E-state index in [1.165, 1.54) is 0 Å². The molecule has 0 saturated heterocycles. The maximum Gasteiger partial charge on any atom is 0.240 e. The lowest BCUT2D eigenvalue weighted by Gasteiger charge is -2.17. The summed E-state index contributed by atoms with van der Waals surface area (Å²) in [6.45, 7) is 6.34. The van der Waals surface area contributed by atoms with Gasteiger partial charge in [0.15, 0.2) is 0 Å². The summed E-state index contributed by atoms with van der Waals surface area (Å²) < 4.78 is 27.0. The average Bonchev–Trinajstić information content (AvgIpc) is 2.39. The third kappa shape index (κ3) is 4.35. The zero-order valence-corrected chi connectivity index (χ0v) is 13.7. The van der Waals surface area contributed by atoms with Gasteiger partial charge < -0.3 is 4.90 Å². The molecular weight excluding hydrogens is 272 g/mol. The van der Waals surface area contributed by atoms with Crippen LogP contribution in [0, 0.1) is 0 Å². The van der Waals surface area contributed by atoms with Crippen LogP contribution >= 0.6 is 0 Å². The molecule has 5 heteroatoms. The molecule has 0 amide bonds. The Morgan fingerprint density at radius 1 is 1.25 bits per heavy atom. The minimum Gasteiger partial charge on any atom is -0.380 e. The van der Waals surface area contributed by atoms with Crippen LogP contribution in [-0.4, -0.2) is 34.0 Å². The van der Waals surface area contributed by atoms with Crippen LogP contribution in [0.15, 0.2) is 40.9 Å². The van der Waals surface area contributed by atoms with Crippen LogP contribution in [0.25, 0.3) is 0 Å². The van der Waals surface area contributed by atoms with Crippen molar-refractivity contribution in [3.63, 3.8) is 0 Å². The van der Waals surface area contributed by atoms with Crippen LogP contribution in [0.5, 0.6) is 0 Å². The highest BCUT2D eigenvalue weighted by atomic mass is 32.2. The van der Waals surface area contributed by atoms with E-state index in [4.69, 9.17) is 0 Å². The van der Waals surface area contributed by atoms with Crippen molar-refractivity contribution in [3.05, 3.63) is 41.6 Å². The number of rotatable bonds is 6. The summed E-state index contributed by atoms with van der Waals surface area (Å²) in [5, 5.41) is 0. The van der Waals surface area contributed by atoms with Gasteiger partial charge in [-0.2, -0.15) is 0 Å². The van der Waals surface area contributed by atoms with E-state index in [1.807, 2.05) is 44.1 Å². The molecule has 0 fully saturated rings. The highest BCUT2D eigenvalue weighted by Gasteiger charge is 2.14. The largest absolute Gasteiger partial charge is 0.380 e. The van der Waals surface area contributed by atoms with E-state index in [1.54, 1.807) is 12.1 Å². The number of hydrogen-bond acceptors (Lipinski definition) is 3. The first-order valence-electron chi connectivity index (χ1n) is 6.70. The predicted molar refractivity (Wildman–Crippen MR) is 83.2 cm³/mol. The fourth-order valence-corrected chi connectivity index (χ4v) is 2.80. The van der Waals surface area contributed by atoms with Crippen LogP contribution in [-0.2, 0) is 10.0 Å². The molecule has 4 nitrogen and oxygen atoms in total. The van der Waals surface area contributed by atoms with E-state index in [2.05, 4.69) is 18.6 Å². The van der Waals surface area contributed by atoms with Gasteiger partial charge in [-0.3, -0.25) is 0 Å². The highest BCUT2D eigenvalue weighted by molar-refractivity contribution is 7.89. The third-order valence-electron chi connectivity index (χ3n) is 3.21. The van der Waals surface area contributed by atoms with Crippen LogP contribution < -0.4 is 4.72 Å². The molecule has 0 aliphatic rings. The molecule has 0 heterocycles. The molecule has 1 aromatic carbocycles. The van der Waals surface area contributed by atoms with Gasteiger partial charge in [-0.1, -0.05) is 32.1 Å². The number of nitrogens with zero attached hydrogens (tertiary/aromatic N) is 1. The first kappa shape index (κ1) is 16.7. The van der Waals surface area contributed by atoms with Gasteiger partial charge in [-0.15, -0.1) is 0 Å². The topological polar surface area (TPSA) is 49.4 Å². The summed E-state index contributed by atoms with van der Waals surface area (Å²) in [5.74, 6) is 0.392. The number of benzene rings is 1. The first-order chi connectivity index (χ1) is 9.27. The SMILES string of the molecule is C/C=C(/CNS(=O)(=O)c1ccc(C(C)C)cc1)N(C)C. The summed E-state index contributed by atoms with van der Waals surface area (Å²) in [6.07, 6.45) is 1.89. The standard InChI is InChI=1S/C15H24N2O2S/c1-6-14(17(4)5)11-16-20(18,19)15-9-7-13(8-10-15)12(2)3/h6-10,12,16H,11H2,1-5H3/b14-6-. The quantitative estimate of drug-likeness (QED) is 0.877. The van der Waals surface area contributed by atoms with E-state index in [-0.39, 0.29) is 6.54 Å². The molecule has 1 N–H and O–H groups in total. The second-order valence-electron chi connectivity index (χ2n) is 5.22. The number of likely N-dealkylation sites (N-methyl/N-ethyl adjacent to an activating group) is 1. The number of allylic oxidation sites excluding steroid dienone is 1. The minimum atomic E-state index is -3.46. The van der Waals surface area contributed by atoms with E-state index in [0.29, 0.717) is 10.8 Å². The molecule has 0 aliphatic carbocycles. The summed E-state index contributed by atoms with van der Waals surface area (Å²) >= 11 is 0. The Balaban J connectivity index is 2.84. The number of hydrogen-bond donors (Lipinski definition) is 1. The molecule has 1 aromatic rings. The van der Waals surface area contributed by atoms with E-state index in [0.717, 1.165) is 11.3 Å². The summed E-state index contributed by atoms with van der Waals surface area (Å²) in [5.41, 5.74) is 2.05. The molecule has 20 heavy (non-hydrogen) atoms. The molecule has 0 aromatic heterocycles. The monoisotopic (exact) mass is 296 g/mol. The van der Waals surface area contributed by atoms with E-state index in [9.17, 15) is 8.42 Å². The van der Waals surface area contributed by atoms with Crippen molar-refractivity contribution >= 4 is 10.0 Å². The summed E-state index contributed by atoms with van der Waals surface area (Å²) in [6, 6.07) is 7.04. The Labute approximate surface area is 122 Å². The van der Waals surface area contributed by atoms with Crippen molar-refractivity contribution in [1.82, 2.24) is 9.62 Å². The Kier molecular flexibility index (Phi) is 5.77. The van der Waals surface area contributed by atoms with Crippen molar-refractivity contribution in [1.29, 1.82) is 0 Å². The molecule has 112 valence electrons. The van der Waals surface area contributed by atoms with Gasteiger partial charge in [0.25, 0.3) is 0 Å². The molecule has 0 spiro atoms. The maximum atomic E-state index is 12.2. The van der Waals surface area contributed by atoms with Crippen molar-refractivity contribution in [2.24, 2.45) is 0 Å². The third-order valence-corrected chi connectivity index (χ3v) is 4.63. The Bertz CT molecular complexity index is 558. The van der Waals surface area contributed by atoms with Crippen molar-refractivity contribution < 1.29 is 8.42 Å².